The zero-order valence-corrected chi connectivity index (χ0v) is 6.38. The molecule has 4 heteroatoms. The standard InChI is InChI=1S/C8H10O4/c9-7(10)3-1-2-4-5(3)8(11)12-6(2)4/h2-6,8,11H,1H2,(H,9,10). The lowest BCUT2D eigenvalue weighted by Crippen LogP contribution is -2.27. The average Bonchev–Trinajstić information content (AvgIpc) is 2.39. The number of carboxylic acids is 1. The summed E-state index contributed by atoms with van der Waals surface area (Å²) in [5, 5.41) is 18.2. The molecule has 6 atom stereocenters. The molecule has 4 nitrogen and oxygen atoms in total. The van der Waals surface area contributed by atoms with Crippen LogP contribution in [0.15, 0.2) is 0 Å². The summed E-state index contributed by atoms with van der Waals surface area (Å²) >= 11 is 0. The van der Waals surface area contributed by atoms with Crippen molar-refractivity contribution in [2.45, 2.75) is 18.8 Å². The Labute approximate surface area is 69.1 Å². The van der Waals surface area contributed by atoms with E-state index in [-0.39, 0.29) is 17.9 Å². The van der Waals surface area contributed by atoms with Gasteiger partial charge in [-0.2, -0.15) is 0 Å². The second-order valence-electron chi connectivity index (χ2n) is 3.99. The summed E-state index contributed by atoms with van der Waals surface area (Å²) in [6.07, 6.45) is 0.0623. The van der Waals surface area contributed by atoms with Gasteiger partial charge in [0, 0.05) is 5.92 Å². The first-order valence-corrected chi connectivity index (χ1v) is 4.26. The van der Waals surface area contributed by atoms with Crippen molar-refractivity contribution in [3.63, 3.8) is 0 Å². The Morgan fingerprint density at radius 2 is 2.17 bits per heavy atom. The largest absolute Gasteiger partial charge is 0.481 e. The summed E-state index contributed by atoms with van der Waals surface area (Å²) in [6.45, 7) is 0. The van der Waals surface area contributed by atoms with Gasteiger partial charge >= 0.3 is 5.97 Å². The Bertz CT molecular complexity index is 251. The maximum absolute atomic E-state index is 10.7. The Kier molecular flexibility index (Phi) is 1.04. The van der Waals surface area contributed by atoms with Crippen molar-refractivity contribution in [1.29, 1.82) is 0 Å². The quantitative estimate of drug-likeness (QED) is 0.565. The Hall–Kier alpha value is -0.610. The zero-order valence-electron chi connectivity index (χ0n) is 6.38. The molecule has 3 aliphatic rings. The van der Waals surface area contributed by atoms with Gasteiger partial charge in [0.2, 0.25) is 0 Å². The molecule has 0 amide bonds. The molecule has 2 saturated carbocycles. The third kappa shape index (κ3) is 0.593. The lowest BCUT2D eigenvalue weighted by atomic mass is 9.92. The monoisotopic (exact) mass is 170 g/mol. The summed E-state index contributed by atoms with van der Waals surface area (Å²) in [6, 6.07) is 0. The van der Waals surface area contributed by atoms with E-state index in [0.29, 0.717) is 18.3 Å². The van der Waals surface area contributed by atoms with Crippen molar-refractivity contribution < 1.29 is 19.7 Å². The van der Waals surface area contributed by atoms with Gasteiger partial charge in [0.1, 0.15) is 0 Å². The van der Waals surface area contributed by atoms with Crippen LogP contribution in [0.2, 0.25) is 0 Å². The number of aliphatic hydroxyl groups is 1. The van der Waals surface area contributed by atoms with Crippen LogP contribution in [0.25, 0.3) is 0 Å². The SMILES string of the molecule is O=C(O)C1CC2C3OC(O)C1C23. The van der Waals surface area contributed by atoms with Crippen LogP contribution >= 0.6 is 0 Å². The number of hydrogen-bond acceptors (Lipinski definition) is 3. The van der Waals surface area contributed by atoms with E-state index in [1.165, 1.54) is 0 Å². The zero-order chi connectivity index (χ0) is 8.46. The molecule has 0 radical (unpaired) electrons. The summed E-state index contributed by atoms with van der Waals surface area (Å²) in [7, 11) is 0. The third-order valence-electron chi connectivity index (χ3n) is 3.53. The minimum Gasteiger partial charge on any atom is -0.481 e. The average molecular weight is 170 g/mol. The summed E-state index contributed by atoms with van der Waals surface area (Å²) in [5.74, 6) is -0.498. The van der Waals surface area contributed by atoms with Gasteiger partial charge in [-0.25, -0.2) is 0 Å². The van der Waals surface area contributed by atoms with Crippen molar-refractivity contribution >= 4 is 5.97 Å². The molecule has 1 heterocycles. The minimum absolute atomic E-state index is 0.127. The van der Waals surface area contributed by atoms with Crippen LogP contribution in [-0.2, 0) is 9.53 Å². The molecule has 0 bridgehead atoms. The van der Waals surface area contributed by atoms with Gasteiger partial charge in [-0.05, 0) is 18.3 Å². The highest BCUT2D eigenvalue weighted by atomic mass is 16.6. The lowest BCUT2D eigenvalue weighted by Gasteiger charge is -2.16. The van der Waals surface area contributed by atoms with Crippen LogP contribution in [0.5, 0.6) is 0 Å². The van der Waals surface area contributed by atoms with Crippen molar-refractivity contribution in [2.75, 3.05) is 0 Å². The molecular formula is C8H10O4. The molecule has 2 aliphatic carbocycles. The predicted molar refractivity (Wildman–Crippen MR) is 37.1 cm³/mol. The Morgan fingerprint density at radius 1 is 1.42 bits per heavy atom. The first-order chi connectivity index (χ1) is 5.70. The number of carbonyl (C=O) groups is 1. The molecule has 6 unspecified atom stereocenters. The second-order valence-corrected chi connectivity index (χ2v) is 3.99. The van der Waals surface area contributed by atoms with Gasteiger partial charge in [0.15, 0.2) is 6.29 Å². The van der Waals surface area contributed by atoms with E-state index in [0.717, 1.165) is 0 Å². The van der Waals surface area contributed by atoms with Crippen LogP contribution in [0, 0.1) is 23.7 Å². The molecule has 0 spiro atoms. The molecule has 0 aromatic rings. The summed E-state index contributed by atoms with van der Waals surface area (Å²) in [4.78, 5) is 10.7. The van der Waals surface area contributed by atoms with Crippen molar-refractivity contribution in [3.8, 4) is 0 Å². The molecule has 2 N–H and O–H groups in total. The number of ether oxygens (including phenoxy) is 1. The van der Waals surface area contributed by atoms with Gasteiger partial charge in [-0.15, -0.1) is 0 Å². The van der Waals surface area contributed by atoms with Gasteiger partial charge in [0.05, 0.1) is 12.0 Å². The smallest absolute Gasteiger partial charge is 0.306 e. The van der Waals surface area contributed by atoms with E-state index >= 15 is 0 Å². The Balaban J connectivity index is 1.89. The van der Waals surface area contributed by atoms with Crippen LogP contribution in [-0.4, -0.2) is 28.6 Å². The normalized spacial score (nSPS) is 60.1. The van der Waals surface area contributed by atoms with Gasteiger partial charge in [-0.1, -0.05) is 0 Å². The third-order valence-corrected chi connectivity index (χ3v) is 3.53. The fourth-order valence-electron chi connectivity index (χ4n) is 2.98. The first kappa shape index (κ1) is 6.86. The van der Waals surface area contributed by atoms with Crippen LogP contribution in [0.3, 0.4) is 0 Å². The minimum atomic E-state index is -0.820. The highest BCUT2D eigenvalue weighted by Gasteiger charge is 2.71. The highest BCUT2D eigenvalue weighted by Crippen LogP contribution is 2.65. The van der Waals surface area contributed by atoms with E-state index in [1.807, 2.05) is 0 Å². The van der Waals surface area contributed by atoms with E-state index in [4.69, 9.17) is 9.84 Å². The molecule has 3 rings (SSSR count). The first-order valence-electron chi connectivity index (χ1n) is 4.26. The highest BCUT2D eigenvalue weighted by molar-refractivity contribution is 5.71. The number of aliphatic hydroxyl groups excluding tert-OH is 1. The molecule has 1 aliphatic heterocycles. The van der Waals surface area contributed by atoms with Crippen LogP contribution in [0.1, 0.15) is 6.42 Å². The van der Waals surface area contributed by atoms with Gasteiger partial charge < -0.3 is 14.9 Å². The van der Waals surface area contributed by atoms with E-state index < -0.39 is 12.3 Å². The number of rotatable bonds is 1. The second kappa shape index (κ2) is 1.83. The van der Waals surface area contributed by atoms with Crippen molar-refractivity contribution in [2.24, 2.45) is 23.7 Å². The maximum atomic E-state index is 10.7. The number of fused-ring (bicyclic) bond motifs is 1. The molecule has 0 aromatic carbocycles. The van der Waals surface area contributed by atoms with Gasteiger partial charge in [-0.3, -0.25) is 4.79 Å². The lowest BCUT2D eigenvalue weighted by molar-refractivity contribution is -0.150. The van der Waals surface area contributed by atoms with Crippen molar-refractivity contribution in [1.82, 2.24) is 0 Å². The molecule has 66 valence electrons. The van der Waals surface area contributed by atoms with Crippen LogP contribution in [0.4, 0.5) is 0 Å². The molecule has 12 heavy (non-hydrogen) atoms. The Morgan fingerprint density at radius 3 is 2.83 bits per heavy atom. The number of carboxylic acid groups (broad SMARTS) is 1. The predicted octanol–water partition coefficient (Wildman–Crippen LogP) is -0.330. The van der Waals surface area contributed by atoms with Crippen molar-refractivity contribution in [3.05, 3.63) is 0 Å². The summed E-state index contributed by atoms with van der Waals surface area (Å²) < 4.78 is 5.19. The van der Waals surface area contributed by atoms with E-state index in [2.05, 4.69) is 0 Å². The van der Waals surface area contributed by atoms with Gasteiger partial charge in [0.25, 0.3) is 0 Å². The number of aliphatic carboxylic acids is 1. The summed E-state index contributed by atoms with van der Waals surface area (Å²) in [5.41, 5.74) is 0. The maximum Gasteiger partial charge on any atom is 0.306 e. The van der Waals surface area contributed by atoms with Crippen LogP contribution < -0.4 is 0 Å². The number of hydrogen-bond donors (Lipinski definition) is 2. The molecule has 3 fully saturated rings. The fraction of sp³-hybridized carbons (Fsp3) is 0.875. The molecule has 0 aromatic heterocycles. The molecule has 1 saturated heterocycles. The van der Waals surface area contributed by atoms with E-state index in [1.54, 1.807) is 0 Å². The van der Waals surface area contributed by atoms with E-state index in [9.17, 15) is 9.90 Å². The molecular weight excluding hydrogens is 160 g/mol. The fourth-order valence-corrected chi connectivity index (χ4v) is 2.98. The topological polar surface area (TPSA) is 66.8 Å².